The van der Waals surface area contributed by atoms with Crippen molar-refractivity contribution in [3.05, 3.63) is 47.7 Å². The van der Waals surface area contributed by atoms with E-state index in [0.29, 0.717) is 11.8 Å². The van der Waals surface area contributed by atoms with Crippen molar-refractivity contribution in [1.29, 1.82) is 0 Å². The Morgan fingerprint density at radius 1 is 1.17 bits per heavy atom. The number of fused-ring (bicyclic) bond motifs is 2. The maximum absolute atomic E-state index is 12.0. The number of carbonyl (C=O) groups excluding carboxylic acids is 1. The van der Waals surface area contributed by atoms with E-state index in [1.807, 2.05) is 10.6 Å². The molecule has 90 valence electrons. The summed E-state index contributed by atoms with van der Waals surface area (Å²) in [6.07, 6.45) is 7.01. The third-order valence-corrected chi connectivity index (χ3v) is 4.35. The van der Waals surface area contributed by atoms with Gasteiger partial charge < -0.3 is 0 Å². The van der Waals surface area contributed by atoms with E-state index in [9.17, 15) is 4.79 Å². The molecule has 2 nitrogen and oxygen atoms in total. The normalized spacial score (nSPS) is 24.5. The second-order valence-corrected chi connectivity index (χ2v) is 5.35. The summed E-state index contributed by atoms with van der Waals surface area (Å²) in [7, 11) is 0. The van der Waals surface area contributed by atoms with E-state index in [1.165, 1.54) is 29.5 Å². The molecule has 0 saturated carbocycles. The van der Waals surface area contributed by atoms with Crippen LogP contribution in [0.1, 0.15) is 47.7 Å². The molecule has 1 heterocycles. The predicted octanol–water partition coefficient (Wildman–Crippen LogP) is 3.83. The maximum Gasteiger partial charge on any atom is 0.228 e. The van der Waals surface area contributed by atoms with Gasteiger partial charge in [0.15, 0.2) is 0 Å². The first-order chi connectivity index (χ1) is 8.77. The Labute approximate surface area is 106 Å². The summed E-state index contributed by atoms with van der Waals surface area (Å²) >= 11 is 0. The van der Waals surface area contributed by atoms with Gasteiger partial charge in [0.2, 0.25) is 5.91 Å². The Morgan fingerprint density at radius 3 is 2.61 bits per heavy atom. The molecule has 3 aliphatic rings. The Bertz CT molecular complexity index is 692. The van der Waals surface area contributed by atoms with Crippen molar-refractivity contribution in [2.45, 2.75) is 31.6 Å². The van der Waals surface area contributed by atoms with Crippen LogP contribution in [0.4, 0.5) is 0 Å². The molecule has 0 aliphatic heterocycles. The van der Waals surface area contributed by atoms with E-state index in [0.717, 1.165) is 5.52 Å². The van der Waals surface area contributed by atoms with Gasteiger partial charge in [0.1, 0.15) is 0 Å². The van der Waals surface area contributed by atoms with E-state index in [1.54, 1.807) is 6.92 Å². The molecule has 2 bridgehead atoms. The molecule has 0 radical (unpaired) electrons. The largest absolute Gasteiger partial charge is 0.284 e. The fraction of sp³-hybridized carbons (Fsp3) is 0.312. The van der Waals surface area contributed by atoms with Gasteiger partial charge in [-0.05, 0) is 24.5 Å². The summed E-state index contributed by atoms with van der Waals surface area (Å²) in [4.78, 5) is 12.0. The summed E-state index contributed by atoms with van der Waals surface area (Å²) in [6.45, 7) is 1.67. The van der Waals surface area contributed by atoms with Crippen LogP contribution in [0.3, 0.4) is 0 Å². The van der Waals surface area contributed by atoms with Crippen molar-refractivity contribution in [2.24, 2.45) is 0 Å². The molecule has 0 N–H and O–H groups in total. The number of hydrogen-bond donors (Lipinski definition) is 0. The average Bonchev–Trinajstić information content (AvgIpc) is 2.77. The van der Waals surface area contributed by atoms with Crippen molar-refractivity contribution >= 4 is 16.8 Å². The molecule has 1 aromatic carbocycles. The van der Waals surface area contributed by atoms with E-state index < -0.39 is 0 Å². The summed E-state index contributed by atoms with van der Waals surface area (Å²) in [5.74, 6) is 1.07. The molecule has 2 unspecified atom stereocenters. The summed E-state index contributed by atoms with van der Waals surface area (Å²) < 4.78 is 1.94. The Hall–Kier alpha value is -1.83. The van der Waals surface area contributed by atoms with Gasteiger partial charge in [-0.2, -0.15) is 0 Å². The van der Waals surface area contributed by atoms with Gasteiger partial charge in [0, 0.05) is 29.8 Å². The van der Waals surface area contributed by atoms with Gasteiger partial charge in [-0.1, -0.05) is 30.4 Å². The first kappa shape index (κ1) is 10.1. The summed E-state index contributed by atoms with van der Waals surface area (Å²) in [5, 5.41) is 1.27. The number of aromatic nitrogens is 1. The minimum absolute atomic E-state index is 0.133. The average molecular weight is 237 g/mol. The summed E-state index contributed by atoms with van der Waals surface area (Å²) in [5.41, 5.74) is 3.73. The molecule has 3 aliphatic carbocycles. The van der Waals surface area contributed by atoms with Crippen LogP contribution in [-0.4, -0.2) is 10.5 Å². The highest BCUT2D eigenvalue weighted by atomic mass is 16.1. The SMILES string of the molecule is CC(=O)n1c2c(c3ccccc31)C1C=CC2CC1. The van der Waals surface area contributed by atoms with Gasteiger partial charge in [-0.25, -0.2) is 0 Å². The van der Waals surface area contributed by atoms with Gasteiger partial charge >= 0.3 is 0 Å². The monoisotopic (exact) mass is 237 g/mol. The van der Waals surface area contributed by atoms with Crippen molar-refractivity contribution in [3.63, 3.8) is 0 Å². The molecule has 2 atom stereocenters. The fourth-order valence-electron chi connectivity index (χ4n) is 3.67. The molecule has 2 aromatic rings. The predicted molar refractivity (Wildman–Crippen MR) is 72.1 cm³/mol. The van der Waals surface area contributed by atoms with Crippen LogP contribution in [0.25, 0.3) is 10.9 Å². The number of rotatable bonds is 0. The second kappa shape index (κ2) is 3.35. The molecule has 0 fully saturated rings. The molecule has 18 heavy (non-hydrogen) atoms. The van der Waals surface area contributed by atoms with E-state index in [-0.39, 0.29) is 5.91 Å². The van der Waals surface area contributed by atoms with Crippen molar-refractivity contribution in [2.75, 3.05) is 0 Å². The van der Waals surface area contributed by atoms with Gasteiger partial charge in [0.05, 0.1) is 5.52 Å². The molecule has 2 heteroatoms. The lowest BCUT2D eigenvalue weighted by molar-refractivity contribution is 0.0937. The number of hydrogen-bond acceptors (Lipinski definition) is 1. The lowest BCUT2D eigenvalue weighted by Gasteiger charge is -2.32. The number of para-hydroxylation sites is 1. The standard InChI is InChI=1S/C16H15NO/c1-10(18)17-14-5-3-2-4-13(14)15-11-6-8-12(9-7-11)16(15)17/h2-6,8,11-12H,7,9H2,1H3. The first-order valence-electron chi connectivity index (χ1n) is 6.60. The minimum atomic E-state index is 0.133. The molecular weight excluding hydrogens is 222 g/mol. The fourth-order valence-corrected chi connectivity index (χ4v) is 3.67. The second-order valence-electron chi connectivity index (χ2n) is 5.35. The van der Waals surface area contributed by atoms with E-state index in [2.05, 4.69) is 30.4 Å². The van der Waals surface area contributed by atoms with E-state index in [4.69, 9.17) is 0 Å². The third-order valence-electron chi connectivity index (χ3n) is 4.35. The van der Waals surface area contributed by atoms with Crippen LogP contribution in [0.2, 0.25) is 0 Å². The zero-order chi connectivity index (χ0) is 12.3. The number of allylic oxidation sites excluding steroid dienone is 2. The molecule has 0 amide bonds. The van der Waals surface area contributed by atoms with Crippen LogP contribution < -0.4 is 0 Å². The van der Waals surface area contributed by atoms with Crippen LogP contribution in [0, 0.1) is 0 Å². The maximum atomic E-state index is 12.0. The number of carbonyl (C=O) groups is 1. The molecule has 5 rings (SSSR count). The first-order valence-corrected chi connectivity index (χ1v) is 6.60. The highest BCUT2D eigenvalue weighted by Gasteiger charge is 2.35. The van der Waals surface area contributed by atoms with Gasteiger partial charge in [-0.3, -0.25) is 9.36 Å². The number of benzene rings is 1. The van der Waals surface area contributed by atoms with Crippen LogP contribution >= 0.6 is 0 Å². The zero-order valence-corrected chi connectivity index (χ0v) is 10.4. The Morgan fingerprint density at radius 2 is 1.89 bits per heavy atom. The zero-order valence-electron chi connectivity index (χ0n) is 10.4. The Balaban J connectivity index is 2.18. The minimum Gasteiger partial charge on any atom is -0.284 e. The van der Waals surface area contributed by atoms with Crippen molar-refractivity contribution in [1.82, 2.24) is 4.57 Å². The molecule has 0 saturated heterocycles. The van der Waals surface area contributed by atoms with Gasteiger partial charge in [-0.15, -0.1) is 0 Å². The third kappa shape index (κ3) is 1.10. The van der Waals surface area contributed by atoms with Crippen molar-refractivity contribution < 1.29 is 4.79 Å². The van der Waals surface area contributed by atoms with E-state index >= 15 is 0 Å². The Kier molecular flexibility index (Phi) is 1.88. The smallest absolute Gasteiger partial charge is 0.228 e. The topological polar surface area (TPSA) is 22.0 Å². The molecule has 1 aromatic heterocycles. The van der Waals surface area contributed by atoms with Crippen molar-refractivity contribution in [3.8, 4) is 0 Å². The number of nitrogens with zero attached hydrogens (tertiary/aromatic N) is 1. The lowest BCUT2D eigenvalue weighted by atomic mass is 9.74. The van der Waals surface area contributed by atoms with Crippen LogP contribution in [-0.2, 0) is 0 Å². The van der Waals surface area contributed by atoms with Gasteiger partial charge in [0.25, 0.3) is 0 Å². The molecule has 0 spiro atoms. The molecular formula is C16H15NO. The lowest BCUT2D eigenvalue weighted by Crippen LogP contribution is -2.21. The van der Waals surface area contributed by atoms with Crippen LogP contribution in [0.5, 0.6) is 0 Å². The van der Waals surface area contributed by atoms with Crippen LogP contribution in [0.15, 0.2) is 36.4 Å². The quantitative estimate of drug-likeness (QED) is 0.638. The highest BCUT2D eigenvalue weighted by Crippen LogP contribution is 2.49. The highest BCUT2D eigenvalue weighted by molar-refractivity contribution is 5.96. The summed E-state index contributed by atoms with van der Waals surface area (Å²) in [6, 6.07) is 8.30.